The van der Waals surface area contributed by atoms with Crippen LogP contribution in [0.15, 0.2) is 48.5 Å². The van der Waals surface area contributed by atoms with Crippen LogP contribution in [0, 0.1) is 0 Å². The van der Waals surface area contributed by atoms with Crippen LogP contribution in [0.3, 0.4) is 0 Å². The van der Waals surface area contributed by atoms with Crippen LogP contribution in [0.5, 0.6) is 5.75 Å². The van der Waals surface area contributed by atoms with E-state index >= 15 is 0 Å². The van der Waals surface area contributed by atoms with Crippen LogP contribution >= 0.6 is 11.6 Å². The molecule has 0 saturated carbocycles. The molecule has 1 aliphatic rings. The second-order valence-electron chi connectivity index (χ2n) is 5.96. The molecule has 0 radical (unpaired) electrons. The number of nitrogens with one attached hydrogen (secondary N) is 1. The van der Waals surface area contributed by atoms with Crippen LogP contribution in [0.2, 0.25) is 5.02 Å². The second-order valence-corrected chi connectivity index (χ2v) is 6.39. The van der Waals surface area contributed by atoms with E-state index in [-0.39, 0.29) is 6.03 Å². The summed E-state index contributed by atoms with van der Waals surface area (Å²) >= 11 is 5.87. The molecule has 2 amide bonds. The molecular formula is C19H22ClN3O2. The molecule has 2 aromatic carbocycles. The maximum Gasteiger partial charge on any atom is 0.317 e. The van der Waals surface area contributed by atoms with Gasteiger partial charge in [-0.3, -0.25) is 0 Å². The Labute approximate surface area is 153 Å². The predicted molar refractivity (Wildman–Crippen MR) is 100 cm³/mol. The number of carbonyl (C=O) groups is 1. The highest BCUT2D eigenvalue weighted by Gasteiger charge is 2.21. The van der Waals surface area contributed by atoms with Crippen molar-refractivity contribution >= 4 is 23.3 Å². The maximum atomic E-state index is 12.3. The van der Waals surface area contributed by atoms with E-state index in [1.807, 2.05) is 41.3 Å². The Hall–Kier alpha value is -2.40. The molecule has 0 aromatic heterocycles. The Bertz CT molecular complexity index is 696. The smallest absolute Gasteiger partial charge is 0.317 e. The fraction of sp³-hybridized carbons (Fsp3) is 0.316. The van der Waals surface area contributed by atoms with E-state index < -0.39 is 0 Å². The lowest BCUT2D eigenvalue weighted by atomic mass is 10.2. The number of hydrogen-bond acceptors (Lipinski definition) is 3. The molecule has 2 aromatic rings. The number of benzene rings is 2. The third kappa shape index (κ3) is 4.57. The molecule has 0 aliphatic carbocycles. The van der Waals surface area contributed by atoms with Crippen molar-refractivity contribution in [3.05, 3.63) is 59.1 Å². The molecule has 1 N–H and O–H groups in total. The van der Waals surface area contributed by atoms with Crippen LogP contribution in [-0.2, 0) is 6.54 Å². The molecule has 3 rings (SSSR count). The third-order valence-electron chi connectivity index (χ3n) is 4.36. The van der Waals surface area contributed by atoms with Gasteiger partial charge in [0.05, 0.1) is 7.11 Å². The molecular weight excluding hydrogens is 338 g/mol. The summed E-state index contributed by atoms with van der Waals surface area (Å²) in [4.78, 5) is 16.5. The number of methoxy groups -OCH3 is 1. The zero-order chi connectivity index (χ0) is 17.6. The fourth-order valence-corrected chi connectivity index (χ4v) is 2.98. The maximum absolute atomic E-state index is 12.3. The Kier molecular flexibility index (Phi) is 5.66. The predicted octanol–water partition coefficient (Wildman–Crippen LogP) is 3.38. The van der Waals surface area contributed by atoms with Crippen LogP contribution < -0.4 is 15.0 Å². The van der Waals surface area contributed by atoms with Gasteiger partial charge in [-0.25, -0.2) is 4.79 Å². The standard InChI is InChI=1S/C19H22ClN3O2/c1-25-18-8-6-17(7-9-18)22-10-12-23(13-11-22)19(24)21-14-15-2-4-16(20)5-3-15/h2-9H,10-14H2,1H3,(H,21,24). The number of urea groups is 1. The molecule has 1 saturated heterocycles. The first-order valence-corrected chi connectivity index (χ1v) is 8.70. The van der Waals surface area contributed by atoms with Crippen molar-refractivity contribution in [1.82, 2.24) is 10.2 Å². The summed E-state index contributed by atoms with van der Waals surface area (Å²) in [6.45, 7) is 3.56. The van der Waals surface area contributed by atoms with Crippen LogP contribution in [0.1, 0.15) is 5.56 Å². The molecule has 6 heteroatoms. The van der Waals surface area contributed by atoms with Crippen molar-refractivity contribution in [3.63, 3.8) is 0 Å². The Morgan fingerprint density at radius 1 is 1.04 bits per heavy atom. The number of carbonyl (C=O) groups excluding carboxylic acids is 1. The van der Waals surface area contributed by atoms with E-state index in [0.29, 0.717) is 24.7 Å². The summed E-state index contributed by atoms with van der Waals surface area (Å²) in [5.41, 5.74) is 2.19. The van der Waals surface area contributed by atoms with E-state index in [1.165, 1.54) is 0 Å². The number of amides is 2. The number of piperazine rings is 1. The zero-order valence-electron chi connectivity index (χ0n) is 14.2. The van der Waals surface area contributed by atoms with Gasteiger partial charge in [-0.15, -0.1) is 0 Å². The average Bonchev–Trinajstić information content (AvgIpc) is 2.67. The normalized spacial score (nSPS) is 14.3. The van der Waals surface area contributed by atoms with Gasteiger partial charge in [-0.2, -0.15) is 0 Å². The molecule has 0 spiro atoms. The van der Waals surface area contributed by atoms with Gasteiger partial charge in [0.2, 0.25) is 0 Å². The van der Waals surface area contributed by atoms with Gasteiger partial charge in [0.25, 0.3) is 0 Å². The van der Waals surface area contributed by atoms with Crippen molar-refractivity contribution in [2.45, 2.75) is 6.54 Å². The largest absolute Gasteiger partial charge is 0.497 e. The number of rotatable bonds is 4. The van der Waals surface area contributed by atoms with E-state index in [2.05, 4.69) is 22.3 Å². The highest BCUT2D eigenvalue weighted by molar-refractivity contribution is 6.30. The summed E-state index contributed by atoms with van der Waals surface area (Å²) in [7, 11) is 1.66. The Morgan fingerprint density at radius 2 is 1.68 bits per heavy atom. The van der Waals surface area contributed by atoms with Crippen LogP contribution in [-0.4, -0.2) is 44.2 Å². The quantitative estimate of drug-likeness (QED) is 0.910. The molecule has 0 atom stereocenters. The Balaban J connectivity index is 1.47. The summed E-state index contributed by atoms with van der Waals surface area (Å²) in [6.07, 6.45) is 0. The minimum Gasteiger partial charge on any atom is -0.497 e. The van der Waals surface area contributed by atoms with E-state index in [4.69, 9.17) is 16.3 Å². The molecule has 1 heterocycles. The van der Waals surface area contributed by atoms with Gasteiger partial charge in [0.15, 0.2) is 0 Å². The first-order chi connectivity index (χ1) is 12.2. The van der Waals surface area contributed by atoms with Crippen molar-refractivity contribution in [2.24, 2.45) is 0 Å². The van der Waals surface area contributed by atoms with Crippen molar-refractivity contribution in [2.75, 3.05) is 38.2 Å². The first kappa shape index (κ1) is 17.4. The summed E-state index contributed by atoms with van der Waals surface area (Å²) in [5.74, 6) is 0.851. The number of halogens is 1. The molecule has 132 valence electrons. The van der Waals surface area contributed by atoms with Gasteiger partial charge in [0.1, 0.15) is 5.75 Å². The molecule has 25 heavy (non-hydrogen) atoms. The summed E-state index contributed by atoms with van der Waals surface area (Å²) in [5, 5.41) is 3.67. The Morgan fingerprint density at radius 3 is 2.28 bits per heavy atom. The van der Waals surface area contributed by atoms with E-state index in [0.717, 1.165) is 30.1 Å². The number of ether oxygens (including phenoxy) is 1. The van der Waals surface area contributed by atoms with Crippen molar-refractivity contribution < 1.29 is 9.53 Å². The lowest BCUT2D eigenvalue weighted by Gasteiger charge is -2.36. The lowest BCUT2D eigenvalue weighted by Crippen LogP contribution is -2.51. The molecule has 0 bridgehead atoms. The molecule has 0 unspecified atom stereocenters. The highest BCUT2D eigenvalue weighted by atomic mass is 35.5. The van der Waals surface area contributed by atoms with E-state index in [9.17, 15) is 4.79 Å². The zero-order valence-corrected chi connectivity index (χ0v) is 15.0. The topological polar surface area (TPSA) is 44.8 Å². The monoisotopic (exact) mass is 359 g/mol. The molecule has 1 aliphatic heterocycles. The van der Waals surface area contributed by atoms with E-state index in [1.54, 1.807) is 7.11 Å². The number of anilines is 1. The molecule has 1 fully saturated rings. The summed E-state index contributed by atoms with van der Waals surface area (Å²) in [6, 6.07) is 15.5. The SMILES string of the molecule is COc1ccc(N2CCN(C(=O)NCc3ccc(Cl)cc3)CC2)cc1. The average molecular weight is 360 g/mol. The fourth-order valence-electron chi connectivity index (χ4n) is 2.85. The van der Waals surface area contributed by atoms with Crippen LogP contribution in [0.4, 0.5) is 10.5 Å². The lowest BCUT2D eigenvalue weighted by molar-refractivity contribution is 0.194. The number of hydrogen-bond donors (Lipinski definition) is 1. The summed E-state index contributed by atoms with van der Waals surface area (Å²) < 4.78 is 5.19. The van der Waals surface area contributed by atoms with Gasteiger partial charge in [-0.05, 0) is 42.0 Å². The van der Waals surface area contributed by atoms with Gasteiger partial charge in [0, 0.05) is 43.4 Å². The third-order valence-corrected chi connectivity index (χ3v) is 4.61. The minimum absolute atomic E-state index is 0.0238. The van der Waals surface area contributed by atoms with Gasteiger partial charge >= 0.3 is 6.03 Å². The highest BCUT2D eigenvalue weighted by Crippen LogP contribution is 2.20. The molecule has 5 nitrogen and oxygen atoms in total. The number of nitrogens with zero attached hydrogens (tertiary/aromatic N) is 2. The van der Waals surface area contributed by atoms with Crippen molar-refractivity contribution in [1.29, 1.82) is 0 Å². The van der Waals surface area contributed by atoms with Gasteiger partial charge < -0.3 is 19.9 Å². The minimum atomic E-state index is -0.0238. The van der Waals surface area contributed by atoms with Crippen LogP contribution in [0.25, 0.3) is 0 Å². The van der Waals surface area contributed by atoms with Crippen molar-refractivity contribution in [3.8, 4) is 5.75 Å². The van der Waals surface area contributed by atoms with Gasteiger partial charge in [-0.1, -0.05) is 23.7 Å². The first-order valence-electron chi connectivity index (χ1n) is 8.32. The second kappa shape index (κ2) is 8.12.